The highest BCUT2D eigenvalue weighted by atomic mass is 32.2. The van der Waals surface area contributed by atoms with Crippen molar-refractivity contribution in [3.8, 4) is 17.2 Å². The van der Waals surface area contributed by atoms with Gasteiger partial charge in [0.2, 0.25) is 0 Å². The molecule has 0 aromatic heterocycles. The number of aromatic hydroxyl groups is 1. The van der Waals surface area contributed by atoms with Crippen molar-refractivity contribution in [2.75, 3.05) is 4.72 Å². The van der Waals surface area contributed by atoms with Crippen molar-refractivity contribution in [3.05, 3.63) is 48.5 Å². The number of rotatable bonds is 4. The summed E-state index contributed by atoms with van der Waals surface area (Å²) in [6, 6.07) is 11.2. The molecular weight excluding hydrogens is 323 g/mol. The third kappa shape index (κ3) is 3.61. The van der Waals surface area contributed by atoms with Gasteiger partial charge in [-0.3, -0.25) is 4.72 Å². The molecule has 0 atom stereocenters. The molecule has 2 rings (SSSR count). The molecule has 5 nitrogen and oxygen atoms in total. The lowest BCUT2D eigenvalue weighted by atomic mass is 10.3. The van der Waals surface area contributed by atoms with Crippen LogP contribution in [0.15, 0.2) is 48.5 Å². The van der Waals surface area contributed by atoms with Gasteiger partial charge in [-0.25, -0.2) is 0 Å². The van der Waals surface area contributed by atoms with Crippen LogP contribution >= 0.6 is 0 Å². The Morgan fingerprint density at radius 3 is 2.27 bits per heavy atom. The molecule has 0 unspecified atom stereocenters. The van der Waals surface area contributed by atoms with E-state index in [4.69, 9.17) is 4.74 Å². The van der Waals surface area contributed by atoms with Crippen LogP contribution in [-0.4, -0.2) is 19.0 Å². The second-order valence-corrected chi connectivity index (χ2v) is 5.82. The lowest BCUT2D eigenvalue weighted by molar-refractivity contribution is -0.0429. The fourth-order valence-corrected chi connectivity index (χ4v) is 2.07. The number of halogens is 3. The number of hydrogen-bond acceptors (Lipinski definition) is 4. The van der Waals surface area contributed by atoms with Crippen LogP contribution < -0.4 is 9.46 Å². The molecule has 2 N–H and O–H groups in total. The number of phenolic OH excluding ortho intramolecular Hbond substituents is 1. The zero-order chi connectivity index (χ0) is 16.4. The highest BCUT2D eigenvalue weighted by Gasteiger charge is 2.46. The smallest absolute Gasteiger partial charge is 0.508 e. The van der Waals surface area contributed by atoms with E-state index >= 15 is 0 Å². The lowest BCUT2D eigenvalue weighted by Crippen LogP contribution is -2.30. The van der Waals surface area contributed by atoms with E-state index in [-0.39, 0.29) is 5.75 Å². The Kier molecular flexibility index (Phi) is 4.18. The molecular formula is C13H10F3NO4S. The largest absolute Gasteiger partial charge is 0.516 e. The molecule has 2 aromatic carbocycles. The quantitative estimate of drug-likeness (QED) is 0.899. The first-order chi connectivity index (χ1) is 10.2. The van der Waals surface area contributed by atoms with Crippen LogP contribution in [0.5, 0.6) is 17.2 Å². The molecule has 118 valence electrons. The zero-order valence-corrected chi connectivity index (χ0v) is 11.6. The van der Waals surface area contributed by atoms with Crippen LogP contribution in [-0.2, 0) is 10.0 Å². The number of anilines is 1. The molecule has 0 amide bonds. The number of benzene rings is 2. The maximum atomic E-state index is 12.4. The number of ether oxygens (including phenoxy) is 1. The van der Waals surface area contributed by atoms with E-state index in [1.807, 2.05) is 0 Å². The normalized spacial score (nSPS) is 12.0. The fourth-order valence-electron chi connectivity index (χ4n) is 1.50. The van der Waals surface area contributed by atoms with Crippen molar-refractivity contribution in [1.29, 1.82) is 0 Å². The van der Waals surface area contributed by atoms with Crippen LogP contribution in [0.1, 0.15) is 0 Å². The van der Waals surface area contributed by atoms with Crippen LogP contribution in [0.25, 0.3) is 0 Å². The van der Waals surface area contributed by atoms with E-state index < -0.39 is 27.0 Å². The number of hydrogen-bond donors (Lipinski definition) is 2. The molecule has 0 heterocycles. The average Bonchev–Trinajstić information content (AvgIpc) is 2.41. The minimum atomic E-state index is -5.62. The topological polar surface area (TPSA) is 75.6 Å². The Hall–Kier alpha value is -2.42. The fraction of sp³-hybridized carbons (Fsp3) is 0.0769. The maximum absolute atomic E-state index is 12.4. The van der Waals surface area contributed by atoms with Crippen molar-refractivity contribution in [2.45, 2.75) is 5.51 Å². The molecule has 0 aliphatic heterocycles. The molecule has 22 heavy (non-hydrogen) atoms. The number of phenols is 1. The van der Waals surface area contributed by atoms with E-state index in [2.05, 4.69) is 0 Å². The SMILES string of the molecule is O=S(=O)(Nc1cc(O)ccc1Oc1ccccc1)C(F)(F)F. The summed E-state index contributed by atoms with van der Waals surface area (Å²) in [5.41, 5.74) is -6.01. The number of sulfonamides is 1. The second-order valence-electron chi connectivity index (χ2n) is 4.15. The van der Waals surface area contributed by atoms with E-state index in [0.717, 1.165) is 18.2 Å². The van der Waals surface area contributed by atoms with Gasteiger partial charge < -0.3 is 9.84 Å². The minimum Gasteiger partial charge on any atom is -0.508 e. The van der Waals surface area contributed by atoms with Gasteiger partial charge in [0.25, 0.3) is 0 Å². The first-order valence-electron chi connectivity index (χ1n) is 5.84. The molecule has 9 heteroatoms. The molecule has 0 aliphatic carbocycles. The van der Waals surface area contributed by atoms with Gasteiger partial charge in [0, 0.05) is 6.07 Å². The third-order valence-corrected chi connectivity index (χ3v) is 3.58. The Bertz CT molecular complexity index is 761. The van der Waals surface area contributed by atoms with Crippen molar-refractivity contribution in [2.24, 2.45) is 0 Å². The zero-order valence-electron chi connectivity index (χ0n) is 10.8. The standard InChI is InChI=1S/C13H10F3NO4S/c14-13(15,16)22(19,20)17-11-8-9(18)6-7-12(11)21-10-4-2-1-3-5-10/h1-8,17-18H. The van der Waals surface area contributed by atoms with E-state index in [1.165, 1.54) is 16.9 Å². The van der Waals surface area contributed by atoms with Gasteiger partial charge >= 0.3 is 15.5 Å². The molecule has 0 radical (unpaired) electrons. The molecule has 0 spiro atoms. The van der Waals surface area contributed by atoms with E-state index in [1.54, 1.807) is 18.2 Å². The summed E-state index contributed by atoms with van der Waals surface area (Å²) < 4.78 is 66.3. The molecule has 0 bridgehead atoms. The van der Waals surface area contributed by atoms with Crippen LogP contribution in [0.2, 0.25) is 0 Å². The predicted octanol–water partition coefficient (Wildman–Crippen LogP) is 3.45. The van der Waals surface area contributed by atoms with Gasteiger partial charge in [-0.1, -0.05) is 18.2 Å². The van der Waals surface area contributed by atoms with Crippen molar-refractivity contribution in [3.63, 3.8) is 0 Å². The summed E-state index contributed by atoms with van der Waals surface area (Å²) in [5, 5.41) is 9.33. The number of nitrogens with one attached hydrogen (secondary N) is 1. The highest BCUT2D eigenvalue weighted by Crippen LogP contribution is 2.35. The van der Waals surface area contributed by atoms with Crippen molar-refractivity contribution < 1.29 is 31.4 Å². The third-order valence-electron chi connectivity index (χ3n) is 2.48. The van der Waals surface area contributed by atoms with Gasteiger partial charge in [-0.15, -0.1) is 0 Å². The summed E-state index contributed by atoms with van der Waals surface area (Å²) in [6.45, 7) is 0. The summed E-state index contributed by atoms with van der Waals surface area (Å²) in [4.78, 5) is 0. The van der Waals surface area contributed by atoms with E-state index in [9.17, 15) is 26.7 Å². The highest BCUT2D eigenvalue weighted by molar-refractivity contribution is 7.93. The molecule has 2 aromatic rings. The summed E-state index contributed by atoms with van der Waals surface area (Å²) in [5.74, 6) is -0.308. The van der Waals surface area contributed by atoms with Gasteiger partial charge in [0.15, 0.2) is 5.75 Å². The van der Waals surface area contributed by atoms with Gasteiger partial charge in [0.1, 0.15) is 11.5 Å². The van der Waals surface area contributed by atoms with Gasteiger partial charge in [-0.05, 0) is 24.3 Å². The van der Waals surface area contributed by atoms with Crippen LogP contribution in [0.4, 0.5) is 18.9 Å². The first-order valence-corrected chi connectivity index (χ1v) is 7.32. The molecule has 0 saturated heterocycles. The van der Waals surface area contributed by atoms with Crippen LogP contribution in [0, 0.1) is 0 Å². The van der Waals surface area contributed by atoms with Crippen molar-refractivity contribution in [1.82, 2.24) is 0 Å². The Morgan fingerprint density at radius 1 is 1.05 bits per heavy atom. The van der Waals surface area contributed by atoms with Gasteiger partial charge in [-0.2, -0.15) is 21.6 Å². The predicted molar refractivity (Wildman–Crippen MR) is 73.2 cm³/mol. The second kappa shape index (κ2) is 5.76. The van der Waals surface area contributed by atoms with Gasteiger partial charge in [0.05, 0.1) is 5.69 Å². The Morgan fingerprint density at radius 2 is 1.68 bits per heavy atom. The van der Waals surface area contributed by atoms with E-state index in [0.29, 0.717) is 5.75 Å². The minimum absolute atomic E-state index is 0.183. The molecule has 0 aliphatic rings. The average molecular weight is 333 g/mol. The summed E-state index contributed by atoms with van der Waals surface area (Å²) >= 11 is 0. The maximum Gasteiger partial charge on any atom is 0.516 e. The number of para-hydroxylation sites is 1. The summed E-state index contributed by atoms with van der Waals surface area (Å²) in [7, 11) is -5.62. The van der Waals surface area contributed by atoms with Crippen LogP contribution in [0.3, 0.4) is 0 Å². The van der Waals surface area contributed by atoms with Crippen molar-refractivity contribution >= 4 is 15.7 Å². The Balaban J connectivity index is 2.37. The molecule has 0 fully saturated rings. The molecule has 0 saturated carbocycles. The first kappa shape index (κ1) is 16.0. The monoisotopic (exact) mass is 333 g/mol. The lowest BCUT2D eigenvalue weighted by Gasteiger charge is -2.15. The number of alkyl halides is 3. The summed E-state index contributed by atoms with van der Waals surface area (Å²) in [6.07, 6.45) is 0. The Labute approximate surface area is 124 Å².